The second kappa shape index (κ2) is 7.82. The van der Waals surface area contributed by atoms with Crippen molar-refractivity contribution in [3.63, 3.8) is 0 Å². The van der Waals surface area contributed by atoms with E-state index in [4.69, 9.17) is 0 Å². The van der Waals surface area contributed by atoms with Gasteiger partial charge in [-0.25, -0.2) is 4.79 Å². The van der Waals surface area contributed by atoms with E-state index in [0.29, 0.717) is 18.6 Å². The molecule has 4 nitrogen and oxygen atoms in total. The summed E-state index contributed by atoms with van der Waals surface area (Å²) in [4.78, 5) is 13.8. The monoisotopic (exact) mass is 317 g/mol. The number of rotatable bonds is 4. The molecule has 128 valence electrons. The van der Waals surface area contributed by atoms with Crippen molar-refractivity contribution in [2.45, 2.75) is 52.6 Å². The third kappa shape index (κ3) is 4.96. The summed E-state index contributed by atoms with van der Waals surface area (Å²) in [7, 11) is 0. The fraction of sp³-hybridized carbons (Fsp3) is 0.632. The minimum Gasteiger partial charge on any atom is -0.338 e. The molecule has 0 spiro atoms. The molecule has 1 saturated heterocycles. The smallest absolute Gasteiger partial charge is 0.317 e. The standard InChI is InChI=1S/C19H31N3O/c1-5-20-18(23)22-13-11-16(12-14-22)21-17(19(2,3)4)15-9-7-6-8-10-15/h6-10,16-17,21H,5,11-14H2,1-4H3,(H,20,23)/t17-/m0/s1. The van der Waals surface area contributed by atoms with E-state index >= 15 is 0 Å². The van der Waals surface area contributed by atoms with E-state index in [2.05, 4.69) is 61.7 Å². The van der Waals surface area contributed by atoms with Crippen LogP contribution in [0.15, 0.2) is 30.3 Å². The van der Waals surface area contributed by atoms with Crippen LogP contribution in [-0.4, -0.2) is 36.6 Å². The fourth-order valence-electron chi connectivity index (χ4n) is 3.24. The first-order valence-corrected chi connectivity index (χ1v) is 8.75. The zero-order valence-electron chi connectivity index (χ0n) is 14.9. The van der Waals surface area contributed by atoms with Crippen LogP contribution in [-0.2, 0) is 0 Å². The number of amides is 2. The summed E-state index contributed by atoms with van der Waals surface area (Å²) in [5.74, 6) is 0. The van der Waals surface area contributed by atoms with Gasteiger partial charge in [0.25, 0.3) is 0 Å². The van der Waals surface area contributed by atoms with Crippen LogP contribution in [0.1, 0.15) is 52.1 Å². The normalized spacial score (nSPS) is 17.8. The van der Waals surface area contributed by atoms with E-state index in [1.54, 1.807) is 0 Å². The topological polar surface area (TPSA) is 44.4 Å². The Morgan fingerprint density at radius 3 is 2.35 bits per heavy atom. The molecule has 2 amide bonds. The molecular weight excluding hydrogens is 286 g/mol. The predicted molar refractivity (Wildman–Crippen MR) is 95.4 cm³/mol. The van der Waals surface area contributed by atoms with Crippen molar-refractivity contribution in [1.29, 1.82) is 0 Å². The lowest BCUT2D eigenvalue weighted by atomic mass is 9.81. The van der Waals surface area contributed by atoms with E-state index in [0.717, 1.165) is 25.9 Å². The SMILES string of the molecule is CCNC(=O)N1CCC(N[C@@H](c2ccccc2)C(C)(C)C)CC1. The number of carbonyl (C=O) groups excluding carboxylic acids is 1. The molecule has 0 saturated carbocycles. The molecule has 0 unspecified atom stereocenters. The quantitative estimate of drug-likeness (QED) is 0.892. The third-order valence-electron chi connectivity index (χ3n) is 4.51. The van der Waals surface area contributed by atoms with Gasteiger partial charge in [0.05, 0.1) is 0 Å². The maximum atomic E-state index is 11.9. The van der Waals surface area contributed by atoms with Crippen LogP contribution < -0.4 is 10.6 Å². The fourth-order valence-corrected chi connectivity index (χ4v) is 3.24. The highest BCUT2D eigenvalue weighted by Gasteiger charge is 2.30. The van der Waals surface area contributed by atoms with E-state index in [1.807, 2.05) is 11.8 Å². The van der Waals surface area contributed by atoms with E-state index in [9.17, 15) is 4.79 Å². The van der Waals surface area contributed by atoms with Crippen molar-refractivity contribution in [1.82, 2.24) is 15.5 Å². The van der Waals surface area contributed by atoms with E-state index in [-0.39, 0.29) is 11.4 Å². The summed E-state index contributed by atoms with van der Waals surface area (Å²) < 4.78 is 0. The number of piperidine rings is 1. The van der Waals surface area contributed by atoms with Crippen LogP contribution in [0.3, 0.4) is 0 Å². The molecule has 0 aliphatic carbocycles. The summed E-state index contributed by atoms with van der Waals surface area (Å²) in [5.41, 5.74) is 1.49. The van der Waals surface area contributed by atoms with Crippen molar-refractivity contribution in [2.75, 3.05) is 19.6 Å². The lowest BCUT2D eigenvalue weighted by Gasteiger charge is -2.39. The van der Waals surface area contributed by atoms with Crippen LogP contribution in [0.25, 0.3) is 0 Å². The zero-order chi connectivity index (χ0) is 16.9. The molecule has 1 heterocycles. The summed E-state index contributed by atoms with van der Waals surface area (Å²) in [6, 6.07) is 11.5. The molecule has 0 bridgehead atoms. The van der Waals surface area contributed by atoms with Gasteiger partial charge in [-0.1, -0.05) is 51.1 Å². The first kappa shape index (κ1) is 17.8. The van der Waals surface area contributed by atoms with Crippen LogP contribution in [0.2, 0.25) is 0 Å². The molecule has 2 rings (SSSR count). The van der Waals surface area contributed by atoms with Crippen molar-refractivity contribution >= 4 is 6.03 Å². The van der Waals surface area contributed by atoms with Gasteiger partial charge < -0.3 is 15.5 Å². The number of nitrogens with one attached hydrogen (secondary N) is 2. The molecule has 1 atom stereocenters. The van der Waals surface area contributed by atoms with Gasteiger partial charge in [-0.2, -0.15) is 0 Å². The molecule has 23 heavy (non-hydrogen) atoms. The highest BCUT2D eigenvalue weighted by molar-refractivity contribution is 5.74. The van der Waals surface area contributed by atoms with Crippen LogP contribution in [0, 0.1) is 5.41 Å². The van der Waals surface area contributed by atoms with Crippen molar-refractivity contribution in [3.05, 3.63) is 35.9 Å². The second-order valence-electron chi connectivity index (χ2n) is 7.47. The largest absolute Gasteiger partial charge is 0.338 e. The Morgan fingerprint density at radius 2 is 1.83 bits per heavy atom. The summed E-state index contributed by atoms with van der Waals surface area (Å²) in [6.07, 6.45) is 2.02. The molecule has 0 aromatic heterocycles. The first-order chi connectivity index (χ1) is 10.9. The molecule has 1 fully saturated rings. The summed E-state index contributed by atoms with van der Waals surface area (Å²) in [6.45, 7) is 11.1. The molecule has 0 radical (unpaired) electrons. The maximum Gasteiger partial charge on any atom is 0.317 e. The van der Waals surface area contributed by atoms with E-state index in [1.165, 1.54) is 5.56 Å². The van der Waals surface area contributed by atoms with Gasteiger partial charge in [0.1, 0.15) is 0 Å². The number of carbonyl (C=O) groups is 1. The Hall–Kier alpha value is -1.55. The Bertz CT molecular complexity index is 487. The van der Waals surface area contributed by atoms with Gasteiger partial charge >= 0.3 is 6.03 Å². The van der Waals surface area contributed by atoms with Crippen LogP contribution in [0.5, 0.6) is 0 Å². The predicted octanol–water partition coefficient (Wildman–Crippen LogP) is 3.56. The van der Waals surface area contributed by atoms with Gasteiger partial charge in [-0.05, 0) is 30.7 Å². The van der Waals surface area contributed by atoms with Gasteiger partial charge in [-0.15, -0.1) is 0 Å². The zero-order valence-corrected chi connectivity index (χ0v) is 14.9. The molecule has 1 aliphatic heterocycles. The molecule has 1 aliphatic rings. The summed E-state index contributed by atoms with van der Waals surface area (Å²) in [5, 5.41) is 6.73. The van der Waals surface area contributed by atoms with Crippen molar-refractivity contribution in [3.8, 4) is 0 Å². The number of hydrogen-bond acceptors (Lipinski definition) is 2. The number of nitrogens with zero attached hydrogens (tertiary/aromatic N) is 1. The first-order valence-electron chi connectivity index (χ1n) is 8.75. The van der Waals surface area contributed by atoms with Gasteiger partial charge in [0.15, 0.2) is 0 Å². The maximum absolute atomic E-state index is 11.9. The highest BCUT2D eigenvalue weighted by Crippen LogP contribution is 2.33. The molecular formula is C19H31N3O. The minimum atomic E-state index is 0.0707. The van der Waals surface area contributed by atoms with Crippen LogP contribution in [0.4, 0.5) is 4.79 Å². The summed E-state index contributed by atoms with van der Waals surface area (Å²) >= 11 is 0. The number of hydrogen-bond donors (Lipinski definition) is 2. The Kier molecular flexibility index (Phi) is 6.05. The number of urea groups is 1. The van der Waals surface area contributed by atoms with Gasteiger partial charge in [-0.3, -0.25) is 0 Å². The van der Waals surface area contributed by atoms with Gasteiger partial charge in [0, 0.05) is 31.7 Å². The minimum absolute atomic E-state index is 0.0707. The second-order valence-corrected chi connectivity index (χ2v) is 7.47. The lowest BCUT2D eigenvalue weighted by molar-refractivity contribution is 0.163. The van der Waals surface area contributed by atoms with Crippen molar-refractivity contribution < 1.29 is 4.79 Å². The van der Waals surface area contributed by atoms with E-state index < -0.39 is 0 Å². The molecule has 2 N–H and O–H groups in total. The average molecular weight is 317 g/mol. The van der Waals surface area contributed by atoms with Crippen LogP contribution >= 0.6 is 0 Å². The Balaban J connectivity index is 1.96. The molecule has 1 aromatic rings. The average Bonchev–Trinajstić information content (AvgIpc) is 2.53. The Morgan fingerprint density at radius 1 is 1.22 bits per heavy atom. The molecule has 4 heteroatoms. The highest BCUT2D eigenvalue weighted by atomic mass is 16.2. The molecule has 1 aromatic carbocycles. The lowest BCUT2D eigenvalue weighted by Crippen LogP contribution is -2.50. The van der Waals surface area contributed by atoms with Crippen molar-refractivity contribution in [2.24, 2.45) is 5.41 Å². The third-order valence-corrected chi connectivity index (χ3v) is 4.51. The number of benzene rings is 1. The van der Waals surface area contributed by atoms with Gasteiger partial charge in [0.2, 0.25) is 0 Å². The Labute approximate surface area is 140 Å². The number of likely N-dealkylation sites (tertiary alicyclic amines) is 1.